The number of nitrogens with zero attached hydrogens (tertiary/aromatic N) is 1. The normalized spacial score (nSPS) is 18.4. The van der Waals surface area contributed by atoms with Crippen molar-refractivity contribution in [3.63, 3.8) is 0 Å². The van der Waals surface area contributed by atoms with Gasteiger partial charge in [0.2, 0.25) is 0 Å². The van der Waals surface area contributed by atoms with E-state index >= 15 is 0 Å². The molecule has 0 aliphatic heterocycles. The van der Waals surface area contributed by atoms with Crippen LogP contribution < -0.4 is 10.1 Å². The molecule has 1 aromatic carbocycles. The quantitative estimate of drug-likeness (QED) is 0.864. The first-order chi connectivity index (χ1) is 9.41. The molecular weight excluding hydrogens is 248 g/mol. The van der Waals surface area contributed by atoms with Crippen molar-refractivity contribution in [3.8, 4) is 5.75 Å². The van der Waals surface area contributed by atoms with Gasteiger partial charge in [-0.15, -0.1) is 0 Å². The molecule has 0 heterocycles. The van der Waals surface area contributed by atoms with Crippen LogP contribution in [0.5, 0.6) is 5.75 Å². The highest BCUT2D eigenvalue weighted by molar-refractivity contribution is 5.40. The maximum Gasteiger partial charge on any atom is 0.119 e. The molecule has 1 aliphatic carbocycles. The second kappa shape index (κ2) is 6.15. The molecule has 0 bridgehead atoms. The van der Waals surface area contributed by atoms with Crippen molar-refractivity contribution in [2.24, 2.45) is 5.41 Å². The summed E-state index contributed by atoms with van der Waals surface area (Å²) in [5.74, 6) is 0.963. The first-order valence-corrected chi connectivity index (χ1v) is 7.46. The SMILES string of the molecule is COc1ccc2c(c1)C(NCC(C)(C)CN(C)C)CC2. The number of nitrogens with one attached hydrogen (secondary N) is 1. The smallest absolute Gasteiger partial charge is 0.119 e. The Morgan fingerprint density at radius 2 is 2.10 bits per heavy atom. The predicted octanol–water partition coefficient (Wildman–Crippen LogP) is 2.86. The maximum absolute atomic E-state index is 5.35. The van der Waals surface area contributed by atoms with E-state index in [1.165, 1.54) is 24.0 Å². The van der Waals surface area contributed by atoms with Gasteiger partial charge in [0.05, 0.1) is 7.11 Å². The summed E-state index contributed by atoms with van der Waals surface area (Å²) in [6.45, 7) is 6.77. The first-order valence-electron chi connectivity index (χ1n) is 7.46. The summed E-state index contributed by atoms with van der Waals surface area (Å²) < 4.78 is 5.35. The summed E-state index contributed by atoms with van der Waals surface area (Å²) in [6.07, 6.45) is 2.37. The molecule has 1 unspecified atom stereocenters. The van der Waals surface area contributed by atoms with Crippen molar-refractivity contribution in [2.75, 3.05) is 34.3 Å². The van der Waals surface area contributed by atoms with Gasteiger partial charge in [-0.25, -0.2) is 0 Å². The molecule has 0 amide bonds. The molecule has 0 aromatic heterocycles. The standard InChI is InChI=1S/C17H28N2O/c1-17(2,12-19(3)4)11-18-16-9-7-13-6-8-14(20-5)10-15(13)16/h6,8,10,16,18H,7,9,11-12H2,1-5H3. The van der Waals surface area contributed by atoms with Crippen LogP contribution in [0.1, 0.15) is 37.4 Å². The van der Waals surface area contributed by atoms with E-state index in [-0.39, 0.29) is 5.41 Å². The van der Waals surface area contributed by atoms with Gasteiger partial charge in [0, 0.05) is 19.1 Å². The van der Waals surface area contributed by atoms with Crippen molar-refractivity contribution >= 4 is 0 Å². The van der Waals surface area contributed by atoms with Crippen molar-refractivity contribution < 1.29 is 4.74 Å². The number of hydrogen-bond donors (Lipinski definition) is 1. The summed E-state index contributed by atoms with van der Waals surface area (Å²) in [4.78, 5) is 2.26. The highest BCUT2D eigenvalue weighted by Crippen LogP contribution is 2.34. The minimum absolute atomic E-state index is 0.283. The third-order valence-corrected chi connectivity index (χ3v) is 4.00. The zero-order valence-corrected chi connectivity index (χ0v) is 13.5. The van der Waals surface area contributed by atoms with E-state index in [1.54, 1.807) is 7.11 Å². The molecule has 1 N–H and O–H groups in total. The molecule has 3 nitrogen and oxygen atoms in total. The van der Waals surface area contributed by atoms with E-state index in [0.29, 0.717) is 6.04 Å². The van der Waals surface area contributed by atoms with Crippen LogP contribution in [-0.2, 0) is 6.42 Å². The Morgan fingerprint density at radius 1 is 1.35 bits per heavy atom. The van der Waals surface area contributed by atoms with Crippen molar-refractivity contribution in [1.82, 2.24) is 10.2 Å². The van der Waals surface area contributed by atoms with Gasteiger partial charge in [0.1, 0.15) is 5.75 Å². The third-order valence-electron chi connectivity index (χ3n) is 4.00. The van der Waals surface area contributed by atoms with Gasteiger partial charge in [-0.05, 0) is 55.6 Å². The van der Waals surface area contributed by atoms with Crippen LogP contribution in [-0.4, -0.2) is 39.2 Å². The van der Waals surface area contributed by atoms with E-state index in [0.717, 1.165) is 18.8 Å². The van der Waals surface area contributed by atoms with Crippen molar-refractivity contribution in [3.05, 3.63) is 29.3 Å². The van der Waals surface area contributed by atoms with E-state index in [9.17, 15) is 0 Å². The lowest BCUT2D eigenvalue weighted by molar-refractivity contribution is 0.225. The number of benzene rings is 1. The van der Waals surface area contributed by atoms with Crippen LogP contribution in [0.2, 0.25) is 0 Å². The molecule has 3 heteroatoms. The molecule has 2 rings (SSSR count). The van der Waals surface area contributed by atoms with Gasteiger partial charge < -0.3 is 15.0 Å². The fourth-order valence-electron chi connectivity index (χ4n) is 3.23. The van der Waals surface area contributed by atoms with Crippen LogP contribution in [0.4, 0.5) is 0 Å². The second-order valence-electron chi connectivity index (χ2n) is 6.94. The molecule has 0 fully saturated rings. The Morgan fingerprint density at radius 3 is 2.75 bits per heavy atom. The topological polar surface area (TPSA) is 24.5 Å². The second-order valence-corrected chi connectivity index (χ2v) is 6.94. The highest BCUT2D eigenvalue weighted by Gasteiger charge is 2.26. The molecule has 0 saturated carbocycles. The number of rotatable bonds is 6. The average Bonchev–Trinajstić information content (AvgIpc) is 2.77. The van der Waals surface area contributed by atoms with E-state index < -0.39 is 0 Å². The molecule has 0 radical (unpaired) electrons. The number of methoxy groups -OCH3 is 1. The van der Waals surface area contributed by atoms with E-state index in [1.807, 2.05) is 0 Å². The summed E-state index contributed by atoms with van der Waals surface area (Å²) >= 11 is 0. The summed E-state index contributed by atoms with van der Waals surface area (Å²) in [5.41, 5.74) is 3.17. The summed E-state index contributed by atoms with van der Waals surface area (Å²) in [6, 6.07) is 6.94. The van der Waals surface area contributed by atoms with Gasteiger partial charge in [0.25, 0.3) is 0 Å². The fraction of sp³-hybridized carbons (Fsp3) is 0.647. The third kappa shape index (κ3) is 3.74. The first kappa shape index (κ1) is 15.3. The molecule has 20 heavy (non-hydrogen) atoms. The Hall–Kier alpha value is -1.06. The van der Waals surface area contributed by atoms with E-state index in [4.69, 9.17) is 4.74 Å². The molecule has 1 aliphatic rings. The fourth-order valence-corrected chi connectivity index (χ4v) is 3.23. The zero-order valence-electron chi connectivity index (χ0n) is 13.5. The van der Waals surface area contributed by atoms with Gasteiger partial charge in [-0.2, -0.15) is 0 Å². The van der Waals surface area contributed by atoms with Gasteiger partial charge in [-0.3, -0.25) is 0 Å². The van der Waals surface area contributed by atoms with Crippen LogP contribution >= 0.6 is 0 Å². The number of ether oxygens (including phenoxy) is 1. The minimum Gasteiger partial charge on any atom is -0.497 e. The Kier molecular flexibility index (Phi) is 4.71. The molecule has 0 saturated heterocycles. The predicted molar refractivity (Wildman–Crippen MR) is 84.4 cm³/mol. The molecule has 0 spiro atoms. The lowest BCUT2D eigenvalue weighted by atomic mass is 9.92. The van der Waals surface area contributed by atoms with E-state index in [2.05, 4.69) is 56.4 Å². The van der Waals surface area contributed by atoms with Crippen molar-refractivity contribution in [1.29, 1.82) is 0 Å². The van der Waals surface area contributed by atoms with Gasteiger partial charge >= 0.3 is 0 Å². The number of aryl methyl sites for hydroxylation is 1. The Labute approximate surface area is 123 Å². The van der Waals surface area contributed by atoms with Crippen LogP contribution in [0, 0.1) is 5.41 Å². The molecule has 1 aromatic rings. The van der Waals surface area contributed by atoms with Crippen LogP contribution in [0.3, 0.4) is 0 Å². The van der Waals surface area contributed by atoms with Crippen molar-refractivity contribution in [2.45, 2.75) is 32.7 Å². The number of hydrogen-bond acceptors (Lipinski definition) is 3. The summed E-state index contributed by atoms with van der Waals surface area (Å²) in [5, 5.41) is 3.75. The van der Waals surface area contributed by atoms with Crippen LogP contribution in [0.15, 0.2) is 18.2 Å². The van der Waals surface area contributed by atoms with Gasteiger partial charge in [0.15, 0.2) is 0 Å². The Balaban J connectivity index is 2.00. The molecule has 1 atom stereocenters. The maximum atomic E-state index is 5.35. The molecule has 112 valence electrons. The molecular formula is C17H28N2O. The van der Waals surface area contributed by atoms with Crippen LogP contribution in [0.25, 0.3) is 0 Å². The average molecular weight is 276 g/mol. The monoisotopic (exact) mass is 276 g/mol. The Bertz CT molecular complexity index is 454. The number of fused-ring (bicyclic) bond motifs is 1. The zero-order chi connectivity index (χ0) is 14.8. The summed E-state index contributed by atoms with van der Waals surface area (Å²) in [7, 11) is 6.01. The van der Waals surface area contributed by atoms with Gasteiger partial charge in [-0.1, -0.05) is 19.9 Å². The highest BCUT2D eigenvalue weighted by atomic mass is 16.5. The lowest BCUT2D eigenvalue weighted by Gasteiger charge is -2.30. The largest absolute Gasteiger partial charge is 0.497 e. The minimum atomic E-state index is 0.283. The lowest BCUT2D eigenvalue weighted by Crippen LogP contribution is -2.38.